The van der Waals surface area contributed by atoms with Crippen molar-refractivity contribution in [1.29, 1.82) is 0 Å². The monoisotopic (exact) mass is 257 g/mol. The van der Waals surface area contributed by atoms with Gasteiger partial charge in [-0.3, -0.25) is 0 Å². The van der Waals surface area contributed by atoms with Crippen molar-refractivity contribution in [3.63, 3.8) is 0 Å². The van der Waals surface area contributed by atoms with Gasteiger partial charge in [0.15, 0.2) is 0 Å². The second-order valence-electron chi connectivity index (χ2n) is 5.76. The van der Waals surface area contributed by atoms with E-state index in [1.54, 1.807) is 0 Å². The van der Waals surface area contributed by atoms with Gasteiger partial charge < -0.3 is 16.0 Å². The van der Waals surface area contributed by atoms with E-state index in [0.717, 1.165) is 19.6 Å². The lowest BCUT2D eigenvalue weighted by molar-refractivity contribution is 0.413. The van der Waals surface area contributed by atoms with Crippen LogP contribution in [0.15, 0.2) is 0 Å². The molecule has 0 saturated carbocycles. The topological polar surface area (TPSA) is 36.1 Å². The third-order valence-corrected chi connectivity index (χ3v) is 3.10. The minimum absolute atomic E-state index is 0.591. The summed E-state index contributed by atoms with van der Waals surface area (Å²) in [6.07, 6.45) is 4.96. The molecule has 0 heterocycles. The van der Waals surface area contributed by atoms with Crippen LogP contribution in [0.25, 0.3) is 0 Å². The summed E-state index contributed by atoms with van der Waals surface area (Å²) in [4.78, 5) is 0. The summed E-state index contributed by atoms with van der Waals surface area (Å²) < 4.78 is 0. The van der Waals surface area contributed by atoms with Crippen LogP contribution in [0.5, 0.6) is 0 Å². The maximum Gasteiger partial charge on any atom is 0.00416 e. The Hall–Kier alpha value is -0.120. The molecule has 2 unspecified atom stereocenters. The first-order valence-electron chi connectivity index (χ1n) is 7.76. The zero-order valence-electron chi connectivity index (χ0n) is 13.2. The molecule has 0 bridgehead atoms. The third-order valence-electron chi connectivity index (χ3n) is 3.10. The van der Waals surface area contributed by atoms with Gasteiger partial charge in [-0.1, -0.05) is 20.8 Å². The minimum Gasteiger partial charge on any atom is -0.317 e. The van der Waals surface area contributed by atoms with Crippen LogP contribution >= 0.6 is 0 Å². The Morgan fingerprint density at radius 3 is 2.11 bits per heavy atom. The maximum absolute atomic E-state index is 3.60. The van der Waals surface area contributed by atoms with Crippen LogP contribution in [-0.2, 0) is 0 Å². The molecule has 3 heteroatoms. The quantitative estimate of drug-likeness (QED) is 0.470. The Bertz CT molecular complexity index is 171. The van der Waals surface area contributed by atoms with E-state index in [0.29, 0.717) is 18.1 Å². The SMILES string of the molecule is CCCNCCCNC(C)CCC(C)NC(C)C. The molecule has 0 aliphatic heterocycles. The Morgan fingerprint density at radius 1 is 0.833 bits per heavy atom. The van der Waals surface area contributed by atoms with Gasteiger partial charge in [0, 0.05) is 18.1 Å². The summed E-state index contributed by atoms with van der Waals surface area (Å²) in [5, 5.41) is 10.6. The average Bonchev–Trinajstić information content (AvgIpc) is 2.30. The molecular weight excluding hydrogens is 222 g/mol. The fourth-order valence-corrected chi connectivity index (χ4v) is 2.12. The average molecular weight is 257 g/mol. The fraction of sp³-hybridized carbons (Fsp3) is 1.00. The molecule has 0 aliphatic carbocycles. The molecule has 0 aromatic heterocycles. The van der Waals surface area contributed by atoms with E-state index in [1.165, 1.54) is 25.7 Å². The van der Waals surface area contributed by atoms with Crippen LogP contribution in [0.4, 0.5) is 0 Å². The summed E-state index contributed by atoms with van der Waals surface area (Å²) in [7, 11) is 0. The summed E-state index contributed by atoms with van der Waals surface area (Å²) >= 11 is 0. The number of hydrogen-bond donors (Lipinski definition) is 3. The van der Waals surface area contributed by atoms with E-state index < -0.39 is 0 Å². The number of hydrogen-bond acceptors (Lipinski definition) is 3. The van der Waals surface area contributed by atoms with Crippen molar-refractivity contribution in [1.82, 2.24) is 16.0 Å². The van der Waals surface area contributed by atoms with Gasteiger partial charge in [-0.2, -0.15) is 0 Å². The third kappa shape index (κ3) is 12.3. The first-order chi connectivity index (χ1) is 8.56. The van der Waals surface area contributed by atoms with Crippen molar-refractivity contribution in [3.05, 3.63) is 0 Å². The first-order valence-corrected chi connectivity index (χ1v) is 7.76. The predicted octanol–water partition coefficient (Wildman–Crippen LogP) is 2.52. The highest BCUT2D eigenvalue weighted by atomic mass is 14.9. The van der Waals surface area contributed by atoms with Gasteiger partial charge in [0.2, 0.25) is 0 Å². The van der Waals surface area contributed by atoms with E-state index in [2.05, 4.69) is 50.6 Å². The van der Waals surface area contributed by atoms with E-state index in [-0.39, 0.29) is 0 Å². The molecule has 2 atom stereocenters. The molecule has 3 N–H and O–H groups in total. The zero-order valence-corrected chi connectivity index (χ0v) is 13.2. The predicted molar refractivity (Wildman–Crippen MR) is 82.2 cm³/mol. The Morgan fingerprint density at radius 2 is 1.50 bits per heavy atom. The lowest BCUT2D eigenvalue weighted by Gasteiger charge is -2.19. The van der Waals surface area contributed by atoms with Crippen LogP contribution in [0.3, 0.4) is 0 Å². The molecular formula is C15H35N3. The standard InChI is InChI=1S/C15H35N3/c1-6-10-16-11-7-12-17-14(4)8-9-15(5)18-13(2)3/h13-18H,6-12H2,1-5H3. The maximum atomic E-state index is 3.60. The summed E-state index contributed by atoms with van der Waals surface area (Å²) in [5.74, 6) is 0. The van der Waals surface area contributed by atoms with Crippen LogP contribution in [-0.4, -0.2) is 37.8 Å². The fourth-order valence-electron chi connectivity index (χ4n) is 2.12. The van der Waals surface area contributed by atoms with Crippen molar-refractivity contribution in [2.45, 2.75) is 78.4 Å². The summed E-state index contributed by atoms with van der Waals surface area (Å²) in [5.41, 5.74) is 0. The summed E-state index contributed by atoms with van der Waals surface area (Å²) in [6.45, 7) is 14.6. The molecule has 3 nitrogen and oxygen atoms in total. The van der Waals surface area contributed by atoms with Gasteiger partial charge in [-0.25, -0.2) is 0 Å². The van der Waals surface area contributed by atoms with Crippen molar-refractivity contribution in [2.24, 2.45) is 0 Å². The molecule has 0 rings (SSSR count). The van der Waals surface area contributed by atoms with Crippen molar-refractivity contribution >= 4 is 0 Å². The molecule has 0 amide bonds. The second kappa shape index (κ2) is 11.9. The molecule has 110 valence electrons. The molecule has 0 saturated heterocycles. The van der Waals surface area contributed by atoms with Crippen molar-refractivity contribution < 1.29 is 0 Å². The lowest BCUT2D eigenvalue weighted by atomic mass is 10.1. The van der Waals surface area contributed by atoms with E-state index in [9.17, 15) is 0 Å². The van der Waals surface area contributed by atoms with E-state index in [4.69, 9.17) is 0 Å². The molecule has 0 fully saturated rings. The first kappa shape index (κ1) is 17.9. The van der Waals surface area contributed by atoms with Crippen molar-refractivity contribution in [3.8, 4) is 0 Å². The highest BCUT2D eigenvalue weighted by Crippen LogP contribution is 2.02. The highest BCUT2D eigenvalue weighted by molar-refractivity contribution is 4.68. The van der Waals surface area contributed by atoms with Crippen LogP contribution in [0.2, 0.25) is 0 Å². The van der Waals surface area contributed by atoms with Gasteiger partial charge in [-0.15, -0.1) is 0 Å². The molecule has 0 aromatic rings. The minimum atomic E-state index is 0.591. The van der Waals surface area contributed by atoms with Gasteiger partial charge >= 0.3 is 0 Å². The van der Waals surface area contributed by atoms with Crippen LogP contribution < -0.4 is 16.0 Å². The molecule has 0 radical (unpaired) electrons. The van der Waals surface area contributed by atoms with Gasteiger partial charge in [-0.05, 0) is 59.2 Å². The highest BCUT2D eigenvalue weighted by Gasteiger charge is 2.06. The Kier molecular flexibility index (Phi) is 11.9. The smallest absolute Gasteiger partial charge is 0.00416 e. The van der Waals surface area contributed by atoms with Gasteiger partial charge in [0.1, 0.15) is 0 Å². The van der Waals surface area contributed by atoms with Crippen LogP contribution in [0, 0.1) is 0 Å². The van der Waals surface area contributed by atoms with E-state index in [1.807, 2.05) is 0 Å². The Balaban J connectivity index is 3.34. The second-order valence-corrected chi connectivity index (χ2v) is 5.76. The molecule has 18 heavy (non-hydrogen) atoms. The van der Waals surface area contributed by atoms with Gasteiger partial charge in [0.25, 0.3) is 0 Å². The van der Waals surface area contributed by atoms with Crippen molar-refractivity contribution in [2.75, 3.05) is 19.6 Å². The number of rotatable bonds is 12. The van der Waals surface area contributed by atoms with Crippen LogP contribution in [0.1, 0.15) is 60.3 Å². The van der Waals surface area contributed by atoms with E-state index >= 15 is 0 Å². The molecule has 0 spiro atoms. The largest absolute Gasteiger partial charge is 0.317 e. The summed E-state index contributed by atoms with van der Waals surface area (Å²) in [6, 6.07) is 1.85. The zero-order chi connectivity index (χ0) is 13.8. The molecule has 0 aromatic carbocycles. The Labute approximate surface area is 114 Å². The molecule has 0 aliphatic rings. The number of nitrogens with one attached hydrogen (secondary N) is 3. The normalized spacial score (nSPS) is 15.0. The van der Waals surface area contributed by atoms with Gasteiger partial charge in [0.05, 0.1) is 0 Å². The lowest BCUT2D eigenvalue weighted by Crippen LogP contribution is -2.35.